The van der Waals surface area contributed by atoms with E-state index in [1.165, 1.54) is 18.2 Å². The number of carbonyl (C=O) groups is 3. The van der Waals surface area contributed by atoms with Crippen LogP contribution in [0.25, 0.3) is 5.69 Å². The first-order valence-electron chi connectivity index (χ1n) is 7.30. The molecule has 0 aliphatic heterocycles. The van der Waals surface area contributed by atoms with Crippen LogP contribution in [0, 0.1) is 0 Å². The Kier molecular flexibility index (Phi) is 5.86. The van der Waals surface area contributed by atoms with Gasteiger partial charge in [-0.05, 0) is 18.2 Å². The van der Waals surface area contributed by atoms with Crippen molar-refractivity contribution in [3.05, 3.63) is 56.5 Å². The third kappa shape index (κ3) is 3.63. The van der Waals surface area contributed by atoms with Crippen LogP contribution >= 0.6 is 11.6 Å². The topological polar surface area (TPSA) is 121 Å². The SMILES string of the molecule is COC(=O)c1cc(=O)n(-c2cc(Cl)ccc2O)c(C(=O)OC)c1C(=O)OC. The van der Waals surface area contributed by atoms with Gasteiger partial charge in [0, 0.05) is 11.1 Å². The standard InChI is InChI=1S/C17H14ClNO8/c1-25-15(22)9-7-12(21)19(10-6-8(18)4-5-11(10)20)14(17(24)27-3)13(9)16(23)26-2/h4-7,20H,1-3H3. The molecule has 0 amide bonds. The number of aromatic nitrogens is 1. The van der Waals surface area contributed by atoms with Crippen molar-refractivity contribution in [2.24, 2.45) is 0 Å². The number of rotatable bonds is 4. The van der Waals surface area contributed by atoms with E-state index >= 15 is 0 Å². The number of carbonyl (C=O) groups excluding carboxylic acids is 3. The fraction of sp³-hybridized carbons (Fsp3) is 0.176. The molecule has 2 aromatic rings. The molecule has 0 aliphatic carbocycles. The molecule has 0 saturated heterocycles. The number of hydrogen-bond donors (Lipinski definition) is 1. The molecule has 27 heavy (non-hydrogen) atoms. The average Bonchev–Trinajstić information content (AvgIpc) is 2.67. The summed E-state index contributed by atoms with van der Waals surface area (Å²) in [5, 5.41) is 10.3. The van der Waals surface area contributed by atoms with Gasteiger partial charge in [0.2, 0.25) is 0 Å². The molecule has 1 N–H and O–H groups in total. The van der Waals surface area contributed by atoms with Crippen molar-refractivity contribution in [3.8, 4) is 11.4 Å². The van der Waals surface area contributed by atoms with Gasteiger partial charge in [0.15, 0.2) is 5.69 Å². The minimum Gasteiger partial charge on any atom is -0.506 e. The van der Waals surface area contributed by atoms with Crippen LogP contribution < -0.4 is 5.56 Å². The first kappa shape index (κ1) is 20.0. The third-order valence-corrected chi connectivity index (χ3v) is 3.80. The number of halogens is 1. The maximum Gasteiger partial charge on any atom is 0.356 e. The molecule has 1 aromatic carbocycles. The Labute approximate surface area is 157 Å². The fourth-order valence-corrected chi connectivity index (χ4v) is 2.56. The van der Waals surface area contributed by atoms with Crippen molar-refractivity contribution in [1.29, 1.82) is 0 Å². The summed E-state index contributed by atoms with van der Waals surface area (Å²) < 4.78 is 14.6. The van der Waals surface area contributed by atoms with Gasteiger partial charge in [0.1, 0.15) is 11.3 Å². The number of methoxy groups -OCH3 is 3. The van der Waals surface area contributed by atoms with Gasteiger partial charge in [-0.1, -0.05) is 11.6 Å². The second kappa shape index (κ2) is 7.92. The maximum absolute atomic E-state index is 12.7. The highest BCUT2D eigenvalue weighted by molar-refractivity contribution is 6.30. The van der Waals surface area contributed by atoms with E-state index in [1.54, 1.807) is 0 Å². The minimum atomic E-state index is -1.13. The molecule has 0 atom stereocenters. The largest absolute Gasteiger partial charge is 0.506 e. The van der Waals surface area contributed by atoms with Crippen molar-refractivity contribution < 1.29 is 33.7 Å². The number of aromatic hydroxyl groups is 1. The molecule has 1 aromatic heterocycles. The minimum absolute atomic E-state index is 0.141. The quantitative estimate of drug-likeness (QED) is 0.611. The zero-order valence-electron chi connectivity index (χ0n) is 14.4. The summed E-state index contributed by atoms with van der Waals surface area (Å²) >= 11 is 5.91. The van der Waals surface area contributed by atoms with Crippen molar-refractivity contribution >= 4 is 29.5 Å². The van der Waals surface area contributed by atoms with Crippen LogP contribution in [-0.4, -0.2) is 48.9 Å². The highest BCUT2D eigenvalue weighted by atomic mass is 35.5. The van der Waals surface area contributed by atoms with Gasteiger partial charge in [-0.3, -0.25) is 9.36 Å². The summed E-state index contributed by atoms with van der Waals surface area (Å²) in [6.45, 7) is 0. The summed E-state index contributed by atoms with van der Waals surface area (Å²) in [4.78, 5) is 49.4. The summed E-state index contributed by atoms with van der Waals surface area (Å²) in [5.74, 6) is -3.67. The van der Waals surface area contributed by atoms with E-state index in [4.69, 9.17) is 11.6 Å². The highest BCUT2D eigenvalue weighted by Gasteiger charge is 2.32. The summed E-state index contributed by atoms with van der Waals surface area (Å²) in [7, 11) is 3.08. The highest BCUT2D eigenvalue weighted by Crippen LogP contribution is 2.28. The number of esters is 3. The van der Waals surface area contributed by atoms with Crippen LogP contribution in [0.15, 0.2) is 29.1 Å². The smallest absolute Gasteiger partial charge is 0.356 e. The van der Waals surface area contributed by atoms with Crippen molar-refractivity contribution in [1.82, 2.24) is 4.57 Å². The molecule has 10 heteroatoms. The van der Waals surface area contributed by atoms with Gasteiger partial charge in [-0.15, -0.1) is 0 Å². The number of ether oxygens (including phenoxy) is 3. The Morgan fingerprint density at radius 1 is 0.963 bits per heavy atom. The van der Waals surface area contributed by atoms with Gasteiger partial charge in [0.05, 0.1) is 32.6 Å². The molecule has 0 unspecified atom stereocenters. The molecule has 0 saturated carbocycles. The van der Waals surface area contributed by atoms with Crippen molar-refractivity contribution in [2.75, 3.05) is 21.3 Å². The molecule has 0 spiro atoms. The molecule has 0 bridgehead atoms. The summed E-state index contributed by atoms with van der Waals surface area (Å²) in [5.41, 5.74) is -2.80. The monoisotopic (exact) mass is 395 g/mol. The maximum atomic E-state index is 12.7. The number of pyridine rings is 1. The zero-order chi connectivity index (χ0) is 20.3. The Bertz CT molecular complexity index is 995. The van der Waals surface area contributed by atoms with Crippen LogP contribution in [-0.2, 0) is 14.2 Å². The van der Waals surface area contributed by atoms with Gasteiger partial charge >= 0.3 is 17.9 Å². The van der Waals surface area contributed by atoms with Gasteiger partial charge in [-0.25, -0.2) is 14.4 Å². The van der Waals surface area contributed by atoms with E-state index < -0.39 is 46.0 Å². The van der Waals surface area contributed by atoms with E-state index in [0.717, 1.165) is 27.4 Å². The van der Waals surface area contributed by atoms with Crippen molar-refractivity contribution in [3.63, 3.8) is 0 Å². The molecule has 0 aliphatic rings. The molecule has 2 rings (SSSR count). The summed E-state index contributed by atoms with van der Waals surface area (Å²) in [6.07, 6.45) is 0. The predicted molar refractivity (Wildman–Crippen MR) is 92.7 cm³/mol. The van der Waals surface area contributed by atoms with E-state index in [2.05, 4.69) is 14.2 Å². The molecular formula is C17H14ClNO8. The number of phenolic OH excluding ortho intramolecular Hbond substituents is 1. The lowest BCUT2D eigenvalue weighted by molar-refractivity contribution is 0.0528. The van der Waals surface area contributed by atoms with Gasteiger partial charge < -0.3 is 19.3 Å². The lowest BCUT2D eigenvalue weighted by atomic mass is 10.0. The van der Waals surface area contributed by atoms with Crippen LogP contribution in [0.4, 0.5) is 0 Å². The number of benzene rings is 1. The Hall–Kier alpha value is -3.33. The molecule has 0 fully saturated rings. The fourth-order valence-electron chi connectivity index (χ4n) is 2.39. The van der Waals surface area contributed by atoms with Gasteiger partial charge in [0.25, 0.3) is 5.56 Å². The number of nitrogens with zero attached hydrogens (tertiary/aromatic N) is 1. The molecule has 0 radical (unpaired) electrons. The van der Waals surface area contributed by atoms with E-state index in [1.807, 2.05) is 0 Å². The Balaban J connectivity index is 3.07. The lowest BCUT2D eigenvalue weighted by Crippen LogP contribution is -2.31. The van der Waals surface area contributed by atoms with Crippen LogP contribution in [0.1, 0.15) is 31.2 Å². The normalized spacial score (nSPS) is 10.2. The second-order valence-electron chi connectivity index (χ2n) is 5.06. The average molecular weight is 396 g/mol. The predicted octanol–water partition coefficient (Wildman–Crippen LogP) is 1.56. The van der Waals surface area contributed by atoms with E-state index in [-0.39, 0.29) is 10.7 Å². The molecule has 142 valence electrons. The number of phenols is 1. The molecular weight excluding hydrogens is 382 g/mol. The lowest BCUT2D eigenvalue weighted by Gasteiger charge is -2.17. The van der Waals surface area contributed by atoms with Crippen LogP contribution in [0.5, 0.6) is 5.75 Å². The molecule has 9 nitrogen and oxygen atoms in total. The second-order valence-corrected chi connectivity index (χ2v) is 5.50. The van der Waals surface area contributed by atoms with E-state index in [9.17, 15) is 24.3 Å². The van der Waals surface area contributed by atoms with E-state index in [0.29, 0.717) is 4.57 Å². The number of hydrogen-bond acceptors (Lipinski definition) is 8. The van der Waals surface area contributed by atoms with Crippen LogP contribution in [0.3, 0.4) is 0 Å². The molecule has 1 heterocycles. The zero-order valence-corrected chi connectivity index (χ0v) is 15.2. The van der Waals surface area contributed by atoms with Crippen molar-refractivity contribution in [2.45, 2.75) is 0 Å². The first-order chi connectivity index (χ1) is 12.8. The Morgan fingerprint density at radius 3 is 2.11 bits per heavy atom. The Morgan fingerprint density at radius 2 is 1.56 bits per heavy atom. The first-order valence-corrected chi connectivity index (χ1v) is 7.68. The summed E-state index contributed by atoms with van der Waals surface area (Å²) in [6, 6.07) is 4.53. The third-order valence-electron chi connectivity index (χ3n) is 3.57. The van der Waals surface area contributed by atoms with Crippen LogP contribution in [0.2, 0.25) is 5.02 Å². The van der Waals surface area contributed by atoms with Gasteiger partial charge in [-0.2, -0.15) is 0 Å².